The van der Waals surface area contributed by atoms with Crippen LogP contribution in [0.3, 0.4) is 0 Å². The van der Waals surface area contributed by atoms with Crippen molar-refractivity contribution in [2.75, 3.05) is 39.5 Å². The largest absolute Gasteiger partial charge is 0.460 e. The number of esters is 2. The molecule has 14 nitrogen and oxygen atoms in total. The Kier molecular flexibility index (Phi) is 19.3. The summed E-state index contributed by atoms with van der Waals surface area (Å²) in [6, 6.07) is -1.77. The lowest BCUT2D eigenvalue weighted by Crippen LogP contribution is -2.53. The molecule has 0 aromatic rings. The summed E-state index contributed by atoms with van der Waals surface area (Å²) < 4.78 is 21.5. The highest BCUT2D eigenvalue weighted by Crippen LogP contribution is 2.24. The predicted molar refractivity (Wildman–Crippen MR) is 167 cm³/mol. The second-order valence-corrected chi connectivity index (χ2v) is 13.5. The van der Waals surface area contributed by atoms with Crippen LogP contribution >= 0.6 is 0 Å². The lowest BCUT2D eigenvalue weighted by Gasteiger charge is -2.32. The van der Waals surface area contributed by atoms with Crippen LogP contribution in [0.4, 0.5) is 4.79 Å². The van der Waals surface area contributed by atoms with E-state index < -0.39 is 29.2 Å². The number of carbonyl (C=O) groups excluding carboxylic acids is 4. The topological polar surface area (TPSA) is 190 Å². The lowest BCUT2D eigenvalue weighted by atomic mass is 9.84. The summed E-state index contributed by atoms with van der Waals surface area (Å²) in [5.41, 5.74) is 6.51. The highest BCUT2D eigenvalue weighted by molar-refractivity contribution is 5.84. The second-order valence-electron chi connectivity index (χ2n) is 13.5. The Labute approximate surface area is 262 Å². The van der Waals surface area contributed by atoms with Gasteiger partial charge in [0.2, 0.25) is 5.91 Å². The van der Waals surface area contributed by atoms with Crippen molar-refractivity contribution < 1.29 is 38.1 Å². The number of azide groups is 1. The minimum atomic E-state index is -0.890. The highest BCUT2D eigenvalue weighted by atomic mass is 16.6. The van der Waals surface area contributed by atoms with Gasteiger partial charge in [-0.05, 0) is 78.2 Å². The molecule has 14 heteroatoms. The summed E-state index contributed by atoms with van der Waals surface area (Å²) >= 11 is 0. The van der Waals surface area contributed by atoms with Crippen LogP contribution in [0.25, 0.3) is 10.4 Å². The van der Waals surface area contributed by atoms with E-state index in [0.29, 0.717) is 52.0 Å². The van der Waals surface area contributed by atoms with Crippen LogP contribution in [0.1, 0.15) is 101 Å². The van der Waals surface area contributed by atoms with E-state index in [2.05, 4.69) is 26.0 Å². The van der Waals surface area contributed by atoms with Crippen LogP contribution in [0, 0.1) is 5.41 Å². The zero-order valence-corrected chi connectivity index (χ0v) is 28.2. The Morgan fingerprint density at radius 1 is 0.773 bits per heavy atom. The van der Waals surface area contributed by atoms with Gasteiger partial charge >= 0.3 is 18.0 Å². The van der Waals surface area contributed by atoms with Crippen molar-refractivity contribution in [3.05, 3.63) is 10.4 Å². The second kappa shape index (κ2) is 20.8. The van der Waals surface area contributed by atoms with Gasteiger partial charge in [0.05, 0.1) is 26.4 Å². The van der Waals surface area contributed by atoms with Crippen LogP contribution in [0.5, 0.6) is 0 Å². The molecule has 2 atom stereocenters. The van der Waals surface area contributed by atoms with Gasteiger partial charge in [0.1, 0.15) is 17.2 Å². The Morgan fingerprint density at radius 3 is 1.95 bits per heavy atom. The van der Waals surface area contributed by atoms with E-state index in [1.165, 1.54) is 0 Å². The zero-order valence-electron chi connectivity index (χ0n) is 28.2. The molecule has 0 saturated heterocycles. The molecule has 3 amide bonds. The molecular formula is C30H56N6O8. The molecule has 0 spiro atoms. The summed E-state index contributed by atoms with van der Waals surface area (Å²) in [6.07, 6.45) is 2.18. The maximum atomic E-state index is 13.0. The van der Waals surface area contributed by atoms with Crippen molar-refractivity contribution >= 4 is 23.9 Å². The van der Waals surface area contributed by atoms with E-state index in [1.807, 2.05) is 20.8 Å². The molecule has 0 aliphatic carbocycles. The Hall–Kier alpha value is -3.09. The van der Waals surface area contributed by atoms with Gasteiger partial charge in [0, 0.05) is 36.9 Å². The highest BCUT2D eigenvalue weighted by Gasteiger charge is 2.31. The van der Waals surface area contributed by atoms with Gasteiger partial charge in [-0.3, -0.25) is 9.59 Å². The van der Waals surface area contributed by atoms with Crippen LogP contribution in [0.15, 0.2) is 5.11 Å². The van der Waals surface area contributed by atoms with E-state index in [9.17, 15) is 19.2 Å². The molecule has 0 bridgehead atoms. The molecular weight excluding hydrogens is 572 g/mol. The first-order chi connectivity index (χ1) is 20.3. The van der Waals surface area contributed by atoms with Crippen LogP contribution in [-0.2, 0) is 33.3 Å². The number of carbonyl (C=O) groups is 4. The van der Waals surface area contributed by atoms with Crippen molar-refractivity contribution in [3.8, 4) is 0 Å². The lowest BCUT2D eigenvalue weighted by molar-refractivity contribution is -0.157. The molecule has 3 N–H and O–H groups in total. The van der Waals surface area contributed by atoms with E-state index in [1.54, 1.807) is 41.5 Å². The average molecular weight is 629 g/mol. The summed E-state index contributed by atoms with van der Waals surface area (Å²) in [6.45, 7) is 18.5. The molecule has 0 aliphatic heterocycles. The quantitative estimate of drug-likeness (QED) is 0.0575. The third-order valence-corrected chi connectivity index (χ3v) is 5.89. The minimum absolute atomic E-state index is 0.140. The van der Waals surface area contributed by atoms with Gasteiger partial charge < -0.3 is 34.9 Å². The first-order valence-corrected chi connectivity index (χ1v) is 15.3. The maximum Gasteiger partial charge on any atom is 0.329 e. The van der Waals surface area contributed by atoms with E-state index in [-0.39, 0.29) is 49.3 Å². The molecule has 0 radical (unpaired) electrons. The summed E-state index contributed by atoms with van der Waals surface area (Å²) in [7, 11) is 0. The van der Waals surface area contributed by atoms with Crippen LogP contribution in [0.2, 0.25) is 0 Å². The molecule has 0 saturated carbocycles. The van der Waals surface area contributed by atoms with Crippen LogP contribution in [-0.4, -0.2) is 86.7 Å². The third-order valence-electron chi connectivity index (χ3n) is 5.89. The van der Waals surface area contributed by atoms with Crippen molar-refractivity contribution in [2.24, 2.45) is 10.5 Å². The fraction of sp³-hybridized carbons (Fsp3) is 0.867. The van der Waals surface area contributed by atoms with Gasteiger partial charge in [0.15, 0.2) is 0 Å². The van der Waals surface area contributed by atoms with Gasteiger partial charge in [-0.15, -0.1) is 0 Å². The maximum absolute atomic E-state index is 13.0. The molecule has 0 aliphatic rings. The average Bonchev–Trinajstić information content (AvgIpc) is 2.86. The molecule has 44 heavy (non-hydrogen) atoms. The van der Waals surface area contributed by atoms with Gasteiger partial charge in [0.25, 0.3) is 0 Å². The predicted octanol–water partition coefficient (Wildman–Crippen LogP) is 4.55. The molecule has 0 unspecified atom stereocenters. The van der Waals surface area contributed by atoms with E-state index in [0.717, 1.165) is 0 Å². The Morgan fingerprint density at radius 2 is 1.39 bits per heavy atom. The van der Waals surface area contributed by atoms with Gasteiger partial charge in [-0.25, -0.2) is 9.59 Å². The number of urea groups is 1. The first kappa shape index (κ1) is 40.9. The van der Waals surface area contributed by atoms with Crippen molar-refractivity contribution in [3.63, 3.8) is 0 Å². The van der Waals surface area contributed by atoms with E-state index in [4.69, 9.17) is 24.5 Å². The fourth-order valence-electron chi connectivity index (χ4n) is 3.78. The van der Waals surface area contributed by atoms with Crippen molar-refractivity contribution in [2.45, 2.75) is 124 Å². The van der Waals surface area contributed by atoms with Crippen molar-refractivity contribution in [1.82, 2.24) is 16.0 Å². The third kappa shape index (κ3) is 23.4. The number of unbranched alkanes of at least 4 members (excludes halogenated alkanes) is 1. The number of nitrogens with one attached hydrogen (secondary N) is 3. The smallest absolute Gasteiger partial charge is 0.329 e. The summed E-state index contributed by atoms with van der Waals surface area (Å²) in [4.78, 5) is 52.9. The SMILES string of the molecule is CC(C)(C)OC(=O)CC[C@H](NC(=O)N[C@@H](CCCCNC(=O)CCOCCOCCN=[N+]=[N-])C(=O)OC(C)(C)C)C(C)(C)C. The first-order valence-electron chi connectivity index (χ1n) is 15.3. The number of ether oxygens (including phenoxy) is 4. The van der Waals surface area contributed by atoms with E-state index >= 15 is 0 Å². The van der Waals surface area contributed by atoms with Crippen molar-refractivity contribution in [1.29, 1.82) is 0 Å². The number of rotatable bonds is 20. The molecule has 0 heterocycles. The summed E-state index contributed by atoms with van der Waals surface area (Å²) in [5, 5.41) is 11.9. The molecule has 0 fully saturated rings. The Balaban J connectivity index is 4.76. The number of nitrogens with zero attached hydrogens (tertiary/aromatic N) is 3. The number of hydrogen-bond acceptors (Lipinski definition) is 9. The van der Waals surface area contributed by atoms with Gasteiger partial charge in [-0.1, -0.05) is 25.9 Å². The molecule has 0 aromatic heterocycles. The normalized spacial score (nSPS) is 13.2. The number of hydrogen-bond donors (Lipinski definition) is 3. The van der Waals surface area contributed by atoms with Crippen LogP contribution < -0.4 is 16.0 Å². The molecule has 0 aromatic carbocycles. The Bertz CT molecular complexity index is 933. The summed E-state index contributed by atoms with van der Waals surface area (Å²) in [5.74, 6) is -1.04. The standard InChI is InChI=1S/C30H56N6O8/c1-28(2,3)23(13-14-25(38)43-29(4,5)6)35-27(40)34-22(26(39)44-30(7,8)9)12-10-11-16-32-24(37)15-18-41-20-21-42-19-17-33-36-31/h22-23H,10-21H2,1-9H3,(H,32,37)(H2,34,35,40)/t22-,23-/m0/s1. The minimum Gasteiger partial charge on any atom is -0.460 e. The van der Waals surface area contributed by atoms with Gasteiger partial charge in [-0.2, -0.15) is 0 Å². The number of amides is 3. The molecule has 0 rings (SSSR count). The molecule has 254 valence electrons. The monoisotopic (exact) mass is 628 g/mol. The fourth-order valence-corrected chi connectivity index (χ4v) is 3.78. The zero-order chi connectivity index (χ0) is 33.8.